The van der Waals surface area contributed by atoms with Crippen LogP contribution in [0.4, 0.5) is 0 Å². The molecule has 2 N–H and O–H groups in total. The second kappa shape index (κ2) is 8.68. The monoisotopic (exact) mass is 431 g/mol. The molecule has 0 bridgehead atoms. The minimum Gasteiger partial charge on any atom is -0.481 e. The lowest BCUT2D eigenvalue weighted by Crippen LogP contribution is -2.39. The molecule has 162 valence electrons. The molecule has 2 aromatic heterocycles. The molecule has 1 amide bonds. The lowest BCUT2D eigenvalue weighted by atomic mass is 9.92. The summed E-state index contributed by atoms with van der Waals surface area (Å²) in [5, 5.41) is 12.6. The predicted molar refractivity (Wildman–Crippen MR) is 118 cm³/mol. The van der Waals surface area contributed by atoms with Gasteiger partial charge in [-0.2, -0.15) is 5.10 Å². The Morgan fingerprint density at radius 2 is 2.07 bits per heavy atom. The summed E-state index contributed by atoms with van der Waals surface area (Å²) in [7, 11) is 0. The van der Waals surface area contributed by atoms with Gasteiger partial charge in [0, 0.05) is 17.9 Å². The van der Waals surface area contributed by atoms with Gasteiger partial charge < -0.3 is 15.0 Å². The van der Waals surface area contributed by atoms with Crippen molar-refractivity contribution in [2.24, 2.45) is 0 Å². The van der Waals surface area contributed by atoms with Crippen molar-refractivity contribution >= 4 is 23.2 Å². The lowest BCUT2D eigenvalue weighted by Gasteiger charge is -2.18. The number of carbonyl (C=O) groups is 1. The fourth-order valence-electron chi connectivity index (χ4n) is 3.15. The van der Waals surface area contributed by atoms with E-state index >= 15 is 0 Å². The first-order valence-electron chi connectivity index (χ1n) is 10.3. The van der Waals surface area contributed by atoms with Crippen molar-refractivity contribution in [2.45, 2.75) is 65.4 Å². The second-order valence-electron chi connectivity index (χ2n) is 8.74. The van der Waals surface area contributed by atoms with E-state index in [-0.39, 0.29) is 17.2 Å². The quantitative estimate of drug-likeness (QED) is 0.580. The van der Waals surface area contributed by atoms with Crippen LogP contribution in [0.3, 0.4) is 0 Å². The largest absolute Gasteiger partial charge is 0.481 e. The number of H-pyrrole nitrogens is 1. The van der Waals surface area contributed by atoms with Gasteiger partial charge in [-0.25, -0.2) is 0 Å². The van der Waals surface area contributed by atoms with Gasteiger partial charge >= 0.3 is 0 Å². The normalized spacial score (nSPS) is 14.0. The molecule has 0 aliphatic carbocycles. The number of nitrogens with zero attached hydrogens (tertiary/aromatic N) is 3. The molecule has 8 heteroatoms. The van der Waals surface area contributed by atoms with Gasteiger partial charge in [-0.3, -0.25) is 4.79 Å². The van der Waals surface area contributed by atoms with Crippen LogP contribution in [0.5, 0.6) is 5.75 Å². The van der Waals surface area contributed by atoms with E-state index in [1.54, 1.807) is 0 Å². The number of fused-ring (bicyclic) bond motifs is 1. The molecule has 2 unspecified atom stereocenters. The first kappa shape index (κ1) is 22.2. The fourth-order valence-corrected chi connectivity index (χ4v) is 3.60. The van der Waals surface area contributed by atoms with Gasteiger partial charge in [0.15, 0.2) is 11.8 Å². The molecule has 0 saturated carbocycles. The van der Waals surface area contributed by atoms with Crippen LogP contribution in [0.2, 0.25) is 5.02 Å². The summed E-state index contributed by atoms with van der Waals surface area (Å²) in [4.78, 5) is 15.9. The molecule has 0 fully saturated rings. The highest BCUT2D eigenvalue weighted by atomic mass is 35.5. The number of aromatic amines is 1. The minimum absolute atomic E-state index is 0.0405. The average molecular weight is 432 g/mol. The Balaban J connectivity index is 1.64. The van der Waals surface area contributed by atoms with Gasteiger partial charge in [0.1, 0.15) is 16.6 Å². The minimum atomic E-state index is -0.545. The van der Waals surface area contributed by atoms with Crippen LogP contribution in [0.25, 0.3) is 5.65 Å². The number of amides is 1. The molecule has 7 nitrogen and oxygen atoms in total. The number of hydrogen-bond acceptors (Lipinski definition) is 4. The Labute approximate surface area is 182 Å². The highest BCUT2D eigenvalue weighted by molar-refractivity contribution is 6.34. The lowest BCUT2D eigenvalue weighted by molar-refractivity contribution is -0.128. The van der Waals surface area contributed by atoms with Crippen molar-refractivity contribution < 1.29 is 9.53 Å². The highest BCUT2D eigenvalue weighted by Crippen LogP contribution is 2.31. The topological polar surface area (TPSA) is 84.3 Å². The number of benzene rings is 1. The molecule has 2 heterocycles. The van der Waals surface area contributed by atoms with Crippen LogP contribution in [0.1, 0.15) is 64.0 Å². The third kappa shape index (κ3) is 4.78. The van der Waals surface area contributed by atoms with Crippen molar-refractivity contribution in [3.8, 4) is 5.75 Å². The van der Waals surface area contributed by atoms with Crippen LogP contribution < -0.4 is 10.1 Å². The average Bonchev–Trinajstić information content (AvgIpc) is 3.23. The van der Waals surface area contributed by atoms with Gasteiger partial charge in [-0.15, -0.1) is 9.73 Å². The van der Waals surface area contributed by atoms with E-state index in [0.717, 1.165) is 11.3 Å². The molecule has 3 rings (SSSR count). The number of carbonyl (C=O) groups excluding carboxylic acids is 1. The first-order valence-corrected chi connectivity index (χ1v) is 10.6. The summed E-state index contributed by atoms with van der Waals surface area (Å²) >= 11 is 6.49. The zero-order chi connectivity index (χ0) is 22.1. The molecule has 0 spiro atoms. The van der Waals surface area contributed by atoms with Crippen LogP contribution in [0, 0.1) is 6.92 Å². The molecule has 0 radical (unpaired) electrons. The maximum atomic E-state index is 12.6. The molecule has 0 saturated heterocycles. The number of hydrogen-bond donors (Lipinski definition) is 2. The van der Waals surface area contributed by atoms with Crippen molar-refractivity contribution in [3.63, 3.8) is 0 Å². The van der Waals surface area contributed by atoms with Crippen molar-refractivity contribution in [3.05, 3.63) is 46.4 Å². The Morgan fingerprint density at radius 3 is 2.67 bits per heavy atom. The number of ether oxygens (including phenoxy) is 1. The third-order valence-corrected chi connectivity index (χ3v) is 5.31. The molecular formula is C22H30ClN5O2. The summed E-state index contributed by atoms with van der Waals surface area (Å²) in [6, 6.07) is 7.69. The van der Waals surface area contributed by atoms with Gasteiger partial charge in [-0.05, 0) is 31.0 Å². The maximum absolute atomic E-state index is 12.6. The van der Waals surface area contributed by atoms with Gasteiger partial charge in [0.2, 0.25) is 0 Å². The summed E-state index contributed by atoms with van der Waals surface area (Å²) in [5.41, 5.74) is 2.39. The van der Waals surface area contributed by atoms with E-state index in [0.29, 0.717) is 35.2 Å². The van der Waals surface area contributed by atoms with E-state index in [2.05, 4.69) is 41.3 Å². The Morgan fingerprint density at radius 1 is 1.33 bits per heavy atom. The van der Waals surface area contributed by atoms with Gasteiger partial charge in [0.05, 0.1) is 5.69 Å². The van der Waals surface area contributed by atoms with Crippen LogP contribution >= 0.6 is 11.6 Å². The zero-order valence-electron chi connectivity index (χ0n) is 18.4. The van der Waals surface area contributed by atoms with Crippen LogP contribution in [0.15, 0.2) is 24.3 Å². The molecule has 1 aromatic carbocycles. The smallest absolute Gasteiger partial charge is 0.261 e. The number of halogens is 1. The van der Waals surface area contributed by atoms with E-state index < -0.39 is 6.10 Å². The van der Waals surface area contributed by atoms with E-state index in [9.17, 15) is 4.79 Å². The predicted octanol–water partition coefficient (Wildman–Crippen LogP) is 4.39. The second-order valence-corrected chi connectivity index (χ2v) is 9.12. The number of aryl methyl sites for hydroxylation is 1. The number of rotatable bonds is 7. The molecule has 0 aliphatic rings. The molecule has 3 aromatic rings. The van der Waals surface area contributed by atoms with Crippen molar-refractivity contribution in [2.75, 3.05) is 6.54 Å². The summed E-state index contributed by atoms with van der Waals surface area (Å²) in [5.74, 6) is 1.23. The maximum Gasteiger partial charge on any atom is 0.261 e. The van der Waals surface area contributed by atoms with E-state index in [1.165, 1.54) is 4.63 Å². The zero-order valence-corrected chi connectivity index (χ0v) is 19.2. The Hall–Kier alpha value is -2.54. The fraction of sp³-hybridized carbons (Fsp3) is 0.500. The number of aromatic nitrogens is 4. The standard InChI is InChI=1S/C22H30ClN5O2/c1-7-16(30-15-10-8-9-13(2)11-15)21(29)24-12-14(3)19-25-20-17(23)18(22(4,5)6)26-28(20)27-19/h8-11,14,16H,7,12H2,1-6H3,(H,24,29)(H,25,27). The van der Waals surface area contributed by atoms with Crippen molar-refractivity contribution in [1.82, 2.24) is 25.1 Å². The molecular weight excluding hydrogens is 402 g/mol. The number of nitrogens with one attached hydrogen (secondary N) is 2. The van der Waals surface area contributed by atoms with Gasteiger partial charge in [0.25, 0.3) is 5.91 Å². The van der Waals surface area contributed by atoms with E-state index in [4.69, 9.17) is 16.3 Å². The Kier molecular flexibility index (Phi) is 6.41. The van der Waals surface area contributed by atoms with Crippen molar-refractivity contribution in [1.29, 1.82) is 0 Å². The first-order chi connectivity index (χ1) is 14.1. The molecule has 0 aliphatic heterocycles. The highest BCUT2D eigenvalue weighted by Gasteiger charge is 2.26. The van der Waals surface area contributed by atoms with Crippen LogP contribution in [-0.4, -0.2) is 38.4 Å². The summed E-state index contributed by atoms with van der Waals surface area (Å²) in [6.07, 6.45) is 0.0326. The van der Waals surface area contributed by atoms with Crippen LogP contribution in [-0.2, 0) is 10.2 Å². The van der Waals surface area contributed by atoms with Gasteiger partial charge in [-0.1, -0.05) is 58.4 Å². The molecule has 30 heavy (non-hydrogen) atoms. The third-order valence-electron chi connectivity index (χ3n) is 4.95. The SMILES string of the molecule is CCC(Oc1cccc(C)c1)C(=O)NCC(C)c1nn2nc(C(C)(C)C)c(Cl)c2[nH]1. The summed E-state index contributed by atoms with van der Waals surface area (Å²) < 4.78 is 7.41. The Bertz CT molecular complexity index is 1030. The van der Waals surface area contributed by atoms with E-state index in [1.807, 2.05) is 45.0 Å². The molecule has 2 atom stereocenters. The summed E-state index contributed by atoms with van der Waals surface area (Å²) in [6.45, 7) is 12.5.